The maximum absolute atomic E-state index is 7.03. The molecule has 0 spiro atoms. The van der Waals surface area contributed by atoms with Gasteiger partial charge in [0.1, 0.15) is 5.58 Å². The number of fused-ring (bicyclic) bond motifs is 4. The lowest BCUT2D eigenvalue weighted by Crippen LogP contribution is -2.10. The molecule has 0 radical (unpaired) electrons. The number of furan rings is 1. The predicted octanol–water partition coefficient (Wildman–Crippen LogP) is 18.2. The molecule has 0 aliphatic heterocycles. The van der Waals surface area contributed by atoms with Crippen LogP contribution in [0.2, 0.25) is 0 Å². The van der Waals surface area contributed by atoms with Gasteiger partial charge >= 0.3 is 0 Å². The third kappa shape index (κ3) is 7.02. The zero-order chi connectivity index (χ0) is 43.8. The second-order valence-electron chi connectivity index (χ2n) is 16.8. The Morgan fingerprint density at radius 2 is 0.606 bits per heavy atom. The third-order valence-corrected chi connectivity index (χ3v) is 12.9. The van der Waals surface area contributed by atoms with Crippen molar-refractivity contribution >= 4 is 49.8 Å². The first-order chi connectivity index (χ1) is 32.7. The topological polar surface area (TPSA) is 16.4 Å². The third-order valence-electron chi connectivity index (χ3n) is 12.9. The average molecular weight is 842 g/mol. The fourth-order valence-electron chi connectivity index (χ4n) is 9.73. The molecule has 0 amide bonds. The molecular weight excluding hydrogens is 799 g/mol. The number of hydrogen-bond donors (Lipinski definition) is 0. The summed E-state index contributed by atoms with van der Waals surface area (Å²) in [4.78, 5) is 2.34. The zero-order valence-corrected chi connectivity index (χ0v) is 36.2. The second-order valence-corrected chi connectivity index (χ2v) is 16.8. The van der Waals surface area contributed by atoms with Gasteiger partial charge in [-0.3, -0.25) is 0 Å². The summed E-state index contributed by atoms with van der Waals surface area (Å²) in [6, 6.07) is 93.5. The van der Waals surface area contributed by atoms with E-state index in [-0.39, 0.29) is 0 Å². The zero-order valence-electron chi connectivity index (χ0n) is 36.2. The Morgan fingerprint density at radius 3 is 1.17 bits per heavy atom. The minimum atomic E-state index is 0.844. The van der Waals surface area contributed by atoms with E-state index in [0.29, 0.717) is 0 Å². The van der Waals surface area contributed by atoms with Crippen LogP contribution in [-0.4, -0.2) is 0 Å². The maximum atomic E-state index is 7.03. The molecule has 0 saturated carbocycles. The Bertz CT molecular complexity index is 3640. The normalized spacial score (nSPS) is 11.3. The van der Waals surface area contributed by atoms with Crippen molar-refractivity contribution in [2.75, 3.05) is 4.90 Å². The van der Waals surface area contributed by atoms with Gasteiger partial charge in [-0.15, -0.1) is 0 Å². The summed E-state index contributed by atoms with van der Waals surface area (Å²) >= 11 is 0. The lowest BCUT2D eigenvalue weighted by molar-refractivity contribution is 0.670. The van der Waals surface area contributed by atoms with Crippen molar-refractivity contribution in [2.24, 2.45) is 0 Å². The Hall–Kier alpha value is -8.72. The van der Waals surface area contributed by atoms with Gasteiger partial charge in [0.15, 0.2) is 5.58 Å². The molecule has 0 fully saturated rings. The standard InChI is InChI=1S/C64H43NO/c1-4-16-46(17-5-1)54-24-10-11-25-55(54)49-34-32-44(33-35-49)45-36-40-52(41-37-45)65(61-31-15-30-60-59-29-14-28-58(63(59)66-64(60)61)48-20-8-3-9-21-48)53-42-38-50(39-43-53)57-27-13-23-51-22-12-26-56(62(51)57)47-18-6-2-7-19-47/h1-43H. The van der Waals surface area contributed by atoms with Crippen LogP contribution in [0.15, 0.2) is 265 Å². The Labute approximate surface area is 384 Å². The smallest absolute Gasteiger partial charge is 0.159 e. The molecule has 0 aliphatic carbocycles. The molecule has 310 valence electrons. The highest BCUT2D eigenvalue weighted by atomic mass is 16.3. The van der Waals surface area contributed by atoms with Crippen LogP contribution in [0.1, 0.15) is 0 Å². The van der Waals surface area contributed by atoms with Gasteiger partial charge in [0.2, 0.25) is 0 Å². The molecule has 2 heteroatoms. The van der Waals surface area contributed by atoms with Gasteiger partial charge in [0.05, 0.1) is 5.69 Å². The van der Waals surface area contributed by atoms with Gasteiger partial charge in [-0.05, 0) is 102 Å². The van der Waals surface area contributed by atoms with Crippen molar-refractivity contribution in [1.29, 1.82) is 0 Å². The van der Waals surface area contributed by atoms with E-state index in [0.717, 1.165) is 66.8 Å². The molecule has 0 atom stereocenters. The van der Waals surface area contributed by atoms with Crippen LogP contribution in [0.3, 0.4) is 0 Å². The predicted molar refractivity (Wildman–Crippen MR) is 279 cm³/mol. The minimum Gasteiger partial charge on any atom is -0.453 e. The molecule has 66 heavy (non-hydrogen) atoms. The van der Waals surface area contributed by atoms with Crippen LogP contribution in [0.4, 0.5) is 17.1 Å². The average Bonchev–Trinajstić information content (AvgIpc) is 3.79. The summed E-state index contributed by atoms with van der Waals surface area (Å²) < 4.78 is 7.03. The summed E-state index contributed by atoms with van der Waals surface area (Å²) in [7, 11) is 0. The first kappa shape index (κ1) is 38.9. The van der Waals surface area contributed by atoms with E-state index in [1.54, 1.807) is 0 Å². The molecule has 1 aromatic heterocycles. The summed E-state index contributed by atoms with van der Waals surface area (Å²) in [6.45, 7) is 0. The van der Waals surface area contributed by atoms with Crippen LogP contribution in [0.25, 0.3) is 99.5 Å². The number of benzene rings is 11. The van der Waals surface area contributed by atoms with Crippen molar-refractivity contribution < 1.29 is 4.42 Å². The fraction of sp³-hybridized carbons (Fsp3) is 0. The van der Waals surface area contributed by atoms with Crippen LogP contribution in [0.5, 0.6) is 0 Å². The van der Waals surface area contributed by atoms with Gasteiger partial charge in [-0.25, -0.2) is 0 Å². The van der Waals surface area contributed by atoms with Gasteiger partial charge in [-0.2, -0.15) is 0 Å². The molecule has 2 nitrogen and oxygen atoms in total. The Morgan fingerprint density at radius 1 is 0.242 bits per heavy atom. The van der Waals surface area contributed by atoms with E-state index in [1.807, 2.05) is 0 Å². The summed E-state index contributed by atoms with van der Waals surface area (Å²) in [6.07, 6.45) is 0. The molecule has 1 heterocycles. The van der Waals surface area contributed by atoms with E-state index in [9.17, 15) is 0 Å². The van der Waals surface area contributed by atoms with Crippen molar-refractivity contribution in [2.45, 2.75) is 0 Å². The van der Waals surface area contributed by atoms with Gasteiger partial charge in [-0.1, -0.05) is 231 Å². The van der Waals surface area contributed by atoms with E-state index in [1.165, 1.54) is 49.7 Å². The van der Waals surface area contributed by atoms with Crippen molar-refractivity contribution in [1.82, 2.24) is 0 Å². The van der Waals surface area contributed by atoms with Crippen molar-refractivity contribution in [3.05, 3.63) is 261 Å². The molecule has 12 aromatic rings. The number of rotatable bonds is 9. The maximum Gasteiger partial charge on any atom is 0.159 e. The molecule has 0 bridgehead atoms. The molecule has 12 rings (SSSR count). The molecule has 0 saturated heterocycles. The molecule has 0 unspecified atom stereocenters. The quantitative estimate of drug-likeness (QED) is 0.144. The van der Waals surface area contributed by atoms with Gasteiger partial charge in [0, 0.05) is 27.7 Å². The minimum absolute atomic E-state index is 0.844. The van der Waals surface area contributed by atoms with Crippen LogP contribution in [-0.2, 0) is 0 Å². The second kappa shape index (κ2) is 16.8. The fourth-order valence-corrected chi connectivity index (χ4v) is 9.73. The summed E-state index contributed by atoms with van der Waals surface area (Å²) in [5.41, 5.74) is 19.0. The van der Waals surface area contributed by atoms with Crippen LogP contribution in [0, 0.1) is 0 Å². The van der Waals surface area contributed by atoms with Crippen molar-refractivity contribution in [3.63, 3.8) is 0 Å². The SMILES string of the molecule is c1ccc(-c2ccccc2-c2ccc(-c3ccc(N(c4ccc(-c5cccc6cccc(-c7ccccc7)c56)cc4)c4cccc5c4oc4c(-c6ccccc6)cccc45)cc3)cc2)cc1. The monoisotopic (exact) mass is 841 g/mol. The molecule has 0 aliphatic rings. The van der Waals surface area contributed by atoms with E-state index < -0.39 is 0 Å². The van der Waals surface area contributed by atoms with Crippen molar-refractivity contribution in [3.8, 4) is 66.8 Å². The van der Waals surface area contributed by atoms with Crippen LogP contribution < -0.4 is 4.90 Å². The Balaban J connectivity index is 0.961. The summed E-state index contributed by atoms with van der Waals surface area (Å²) in [5.74, 6) is 0. The lowest BCUT2D eigenvalue weighted by Gasteiger charge is -2.26. The molecule has 11 aromatic carbocycles. The van der Waals surface area contributed by atoms with Gasteiger partial charge < -0.3 is 9.32 Å². The van der Waals surface area contributed by atoms with E-state index in [2.05, 4.69) is 266 Å². The number of hydrogen-bond acceptors (Lipinski definition) is 2. The number of anilines is 3. The van der Waals surface area contributed by atoms with Crippen LogP contribution >= 0.6 is 0 Å². The van der Waals surface area contributed by atoms with E-state index >= 15 is 0 Å². The lowest BCUT2D eigenvalue weighted by atomic mass is 9.91. The van der Waals surface area contributed by atoms with E-state index in [4.69, 9.17) is 4.42 Å². The first-order valence-electron chi connectivity index (χ1n) is 22.6. The Kier molecular flexibility index (Phi) is 9.89. The largest absolute Gasteiger partial charge is 0.453 e. The molecule has 0 N–H and O–H groups in total. The van der Waals surface area contributed by atoms with Gasteiger partial charge in [0.25, 0.3) is 0 Å². The highest BCUT2D eigenvalue weighted by Crippen LogP contribution is 2.45. The number of nitrogens with zero attached hydrogens (tertiary/aromatic N) is 1. The summed E-state index contributed by atoms with van der Waals surface area (Å²) in [5, 5.41) is 4.65. The highest BCUT2D eigenvalue weighted by Gasteiger charge is 2.21. The highest BCUT2D eigenvalue weighted by molar-refractivity contribution is 6.14. The molecular formula is C64H43NO. The first-order valence-corrected chi connectivity index (χ1v) is 22.6. The number of para-hydroxylation sites is 2.